The summed E-state index contributed by atoms with van der Waals surface area (Å²) >= 11 is 0. The maximum Gasteiger partial charge on any atom is 0.282 e. The lowest BCUT2D eigenvalue weighted by Crippen LogP contribution is -2.58. The molecule has 2 aliphatic heterocycles. The highest BCUT2D eigenvalue weighted by Gasteiger charge is 2.41. The lowest BCUT2D eigenvalue weighted by atomic mass is 10.1. The molecule has 2 saturated heterocycles. The van der Waals surface area contributed by atoms with Crippen LogP contribution in [0.2, 0.25) is 0 Å². The Kier molecular flexibility index (Phi) is 4.12. The number of hydrogen-bond donors (Lipinski definition) is 1. The Bertz CT molecular complexity index is 400. The second-order valence-electron chi connectivity index (χ2n) is 6.02. The van der Waals surface area contributed by atoms with E-state index in [-0.39, 0.29) is 12.1 Å². The van der Waals surface area contributed by atoms with Crippen molar-refractivity contribution in [2.75, 3.05) is 26.2 Å². The fourth-order valence-corrected chi connectivity index (χ4v) is 5.89. The molecule has 6 heteroatoms. The second kappa shape index (κ2) is 5.68. The van der Waals surface area contributed by atoms with Crippen LogP contribution in [0.15, 0.2) is 0 Å². The molecule has 19 heavy (non-hydrogen) atoms. The fraction of sp³-hybridized carbons (Fsp3) is 1.00. The molecular formula is C13H25N3O2S. The van der Waals surface area contributed by atoms with Crippen molar-refractivity contribution in [1.29, 1.82) is 0 Å². The van der Waals surface area contributed by atoms with Gasteiger partial charge in [-0.15, -0.1) is 0 Å². The zero-order valence-electron chi connectivity index (χ0n) is 11.6. The van der Waals surface area contributed by atoms with E-state index in [9.17, 15) is 8.42 Å². The van der Waals surface area contributed by atoms with Crippen LogP contribution in [-0.4, -0.2) is 55.3 Å². The highest BCUT2D eigenvalue weighted by Crippen LogP contribution is 2.31. The molecule has 1 atom stereocenters. The zero-order chi connectivity index (χ0) is 13.3. The van der Waals surface area contributed by atoms with E-state index in [2.05, 4.69) is 5.32 Å². The van der Waals surface area contributed by atoms with Gasteiger partial charge in [-0.05, 0) is 38.6 Å². The summed E-state index contributed by atoms with van der Waals surface area (Å²) in [5.41, 5.74) is 0. The first-order valence-corrected chi connectivity index (χ1v) is 9.08. The summed E-state index contributed by atoms with van der Waals surface area (Å²) in [5.74, 6) is 0. The maximum absolute atomic E-state index is 12.8. The Morgan fingerprint density at radius 3 is 2.11 bits per heavy atom. The van der Waals surface area contributed by atoms with E-state index in [0.717, 1.165) is 51.7 Å². The van der Waals surface area contributed by atoms with Gasteiger partial charge in [-0.1, -0.05) is 12.8 Å². The first kappa shape index (κ1) is 13.8. The van der Waals surface area contributed by atoms with Crippen molar-refractivity contribution in [1.82, 2.24) is 13.9 Å². The van der Waals surface area contributed by atoms with Crippen molar-refractivity contribution in [3.05, 3.63) is 0 Å². The van der Waals surface area contributed by atoms with Crippen molar-refractivity contribution < 1.29 is 8.42 Å². The van der Waals surface area contributed by atoms with Crippen molar-refractivity contribution >= 4 is 10.2 Å². The summed E-state index contributed by atoms with van der Waals surface area (Å²) < 4.78 is 29.2. The van der Waals surface area contributed by atoms with Gasteiger partial charge < -0.3 is 5.32 Å². The number of rotatable bonds is 2. The average Bonchev–Trinajstić information content (AvgIpc) is 2.92. The second-order valence-corrected chi connectivity index (χ2v) is 7.85. The fourth-order valence-electron chi connectivity index (χ4n) is 3.76. The molecule has 1 N–H and O–H groups in total. The molecular weight excluding hydrogens is 262 g/mol. The molecule has 0 bridgehead atoms. The number of hydrogen-bond acceptors (Lipinski definition) is 3. The maximum atomic E-state index is 12.8. The van der Waals surface area contributed by atoms with Crippen LogP contribution in [0.25, 0.3) is 0 Å². The van der Waals surface area contributed by atoms with Crippen molar-refractivity contribution in [2.45, 2.75) is 57.0 Å². The zero-order valence-corrected chi connectivity index (χ0v) is 12.4. The standard InChI is InChI=1S/C13H25N3O2S/c17-19(18)15(12-5-1-2-6-12)9-4-10-16(19)13-7-3-8-14-11-13/h12-14H,1-11H2. The molecule has 3 fully saturated rings. The molecule has 5 nitrogen and oxygen atoms in total. The monoisotopic (exact) mass is 287 g/mol. The topological polar surface area (TPSA) is 52.7 Å². The molecule has 3 rings (SSSR count). The van der Waals surface area contributed by atoms with Gasteiger partial charge in [-0.25, -0.2) is 0 Å². The molecule has 0 amide bonds. The van der Waals surface area contributed by atoms with Crippen LogP contribution in [-0.2, 0) is 10.2 Å². The molecule has 0 spiro atoms. The lowest BCUT2D eigenvalue weighted by molar-refractivity contribution is 0.192. The van der Waals surface area contributed by atoms with Gasteiger partial charge in [0.15, 0.2) is 0 Å². The van der Waals surface area contributed by atoms with Gasteiger partial charge in [0.05, 0.1) is 0 Å². The van der Waals surface area contributed by atoms with Gasteiger partial charge in [-0.2, -0.15) is 17.0 Å². The quantitative estimate of drug-likeness (QED) is 0.822. The van der Waals surface area contributed by atoms with E-state index in [1.165, 1.54) is 12.8 Å². The number of nitrogens with zero attached hydrogens (tertiary/aromatic N) is 2. The molecule has 1 unspecified atom stereocenters. The Morgan fingerprint density at radius 1 is 0.842 bits per heavy atom. The van der Waals surface area contributed by atoms with E-state index >= 15 is 0 Å². The predicted molar refractivity (Wildman–Crippen MR) is 75.1 cm³/mol. The molecule has 3 aliphatic rings. The van der Waals surface area contributed by atoms with Crippen molar-refractivity contribution in [2.24, 2.45) is 0 Å². The van der Waals surface area contributed by atoms with Crippen LogP contribution >= 0.6 is 0 Å². The minimum Gasteiger partial charge on any atom is -0.315 e. The number of piperidine rings is 1. The summed E-state index contributed by atoms with van der Waals surface area (Å²) in [5, 5.41) is 3.33. The third-order valence-electron chi connectivity index (χ3n) is 4.76. The Hall–Kier alpha value is -0.170. The minimum atomic E-state index is -3.22. The van der Waals surface area contributed by atoms with E-state index in [0.29, 0.717) is 6.54 Å². The normalized spacial score (nSPS) is 34.6. The van der Waals surface area contributed by atoms with E-state index < -0.39 is 10.2 Å². The third kappa shape index (κ3) is 2.68. The molecule has 1 saturated carbocycles. The third-order valence-corrected chi connectivity index (χ3v) is 6.91. The Labute approximate surface area is 116 Å². The average molecular weight is 287 g/mol. The highest BCUT2D eigenvalue weighted by atomic mass is 32.2. The highest BCUT2D eigenvalue weighted by molar-refractivity contribution is 7.86. The molecule has 2 heterocycles. The molecule has 0 aromatic heterocycles. The van der Waals surface area contributed by atoms with Crippen LogP contribution in [0, 0.1) is 0 Å². The summed E-state index contributed by atoms with van der Waals surface area (Å²) in [7, 11) is -3.22. The largest absolute Gasteiger partial charge is 0.315 e. The Morgan fingerprint density at radius 2 is 1.47 bits per heavy atom. The number of nitrogens with one attached hydrogen (secondary N) is 1. The Balaban J connectivity index is 1.77. The first-order valence-electron chi connectivity index (χ1n) is 7.69. The van der Waals surface area contributed by atoms with Gasteiger partial charge in [-0.3, -0.25) is 0 Å². The van der Waals surface area contributed by atoms with E-state index in [4.69, 9.17) is 0 Å². The van der Waals surface area contributed by atoms with E-state index in [1.54, 1.807) is 8.61 Å². The smallest absolute Gasteiger partial charge is 0.282 e. The molecule has 0 aromatic carbocycles. The first-order chi connectivity index (χ1) is 9.19. The van der Waals surface area contributed by atoms with Gasteiger partial charge in [0.25, 0.3) is 10.2 Å². The summed E-state index contributed by atoms with van der Waals surface area (Å²) in [4.78, 5) is 0. The molecule has 1 aliphatic carbocycles. The minimum absolute atomic E-state index is 0.169. The van der Waals surface area contributed by atoms with Crippen LogP contribution in [0.3, 0.4) is 0 Å². The predicted octanol–water partition coefficient (Wildman–Crippen LogP) is 0.933. The summed E-state index contributed by atoms with van der Waals surface area (Å²) in [6.07, 6.45) is 7.53. The van der Waals surface area contributed by atoms with Crippen LogP contribution in [0.1, 0.15) is 44.9 Å². The van der Waals surface area contributed by atoms with E-state index in [1.807, 2.05) is 0 Å². The van der Waals surface area contributed by atoms with Gasteiger partial charge in [0, 0.05) is 31.7 Å². The molecule has 0 aromatic rings. The molecule has 110 valence electrons. The van der Waals surface area contributed by atoms with Crippen LogP contribution in [0.5, 0.6) is 0 Å². The van der Waals surface area contributed by atoms with Crippen LogP contribution in [0.4, 0.5) is 0 Å². The van der Waals surface area contributed by atoms with Gasteiger partial charge in [0.2, 0.25) is 0 Å². The van der Waals surface area contributed by atoms with Gasteiger partial charge >= 0.3 is 0 Å². The van der Waals surface area contributed by atoms with Crippen LogP contribution < -0.4 is 5.32 Å². The van der Waals surface area contributed by atoms with Crippen molar-refractivity contribution in [3.8, 4) is 0 Å². The SMILES string of the molecule is O=S1(=O)N(C2CCCC2)CCCN1C1CCCNC1. The van der Waals surface area contributed by atoms with Gasteiger partial charge in [0.1, 0.15) is 0 Å². The summed E-state index contributed by atoms with van der Waals surface area (Å²) in [6.45, 7) is 3.27. The van der Waals surface area contributed by atoms with Crippen molar-refractivity contribution in [3.63, 3.8) is 0 Å². The lowest BCUT2D eigenvalue weighted by Gasteiger charge is -2.42. The molecule has 0 radical (unpaired) electrons. The summed E-state index contributed by atoms with van der Waals surface area (Å²) in [6, 6.07) is 0.437.